The lowest BCUT2D eigenvalue weighted by molar-refractivity contribution is -0.156. The molecule has 0 aromatic heterocycles. The summed E-state index contributed by atoms with van der Waals surface area (Å²) in [6, 6.07) is -0.389. The zero-order valence-corrected chi connectivity index (χ0v) is 13.9. The molecule has 2 fully saturated rings. The van der Waals surface area contributed by atoms with E-state index in [2.05, 4.69) is 5.32 Å². The Morgan fingerprint density at radius 3 is 2.62 bits per heavy atom. The highest BCUT2D eigenvalue weighted by molar-refractivity contribution is 6.25. The first kappa shape index (κ1) is 16.3. The lowest BCUT2D eigenvalue weighted by atomic mass is 9.86. The van der Waals surface area contributed by atoms with E-state index >= 15 is 0 Å². The van der Waals surface area contributed by atoms with E-state index in [9.17, 15) is 9.59 Å². The Kier molecular flexibility index (Phi) is 4.97. The van der Waals surface area contributed by atoms with E-state index in [4.69, 9.17) is 11.6 Å². The Balaban J connectivity index is 2.34. The number of rotatable bonds is 4. The molecule has 0 aromatic rings. The molecule has 4 nitrogen and oxygen atoms in total. The van der Waals surface area contributed by atoms with E-state index in [1.54, 1.807) is 4.90 Å². The van der Waals surface area contributed by atoms with Gasteiger partial charge in [0.05, 0.1) is 0 Å². The molecule has 1 aliphatic heterocycles. The first-order valence-electron chi connectivity index (χ1n) is 7.84. The molecule has 1 heterocycles. The predicted octanol–water partition coefficient (Wildman–Crippen LogP) is 2.81. The molecule has 2 rings (SSSR count). The Labute approximate surface area is 131 Å². The SMILES string of the molecule is CCC(C)C1C(=O)NC2(CCCC2)C(=O)N1CC(C)=CCl. The van der Waals surface area contributed by atoms with Gasteiger partial charge in [0, 0.05) is 12.1 Å². The molecule has 2 aliphatic rings. The minimum absolute atomic E-state index is 0.00628. The highest BCUT2D eigenvalue weighted by Crippen LogP contribution is 2.36. The third-order valence-electron chi connectivity index (χ3n) is 4.88. The smallest absolute Gasteiger partial charge is 0.249 e. The Morgan fingerprint density at radius 1 is 1.48 bits per heavy atom. The van der Waals surface area contributed by atoms with E-state index in [0.29, 0.717) is 6.54 Å². The van der Waals surface area contributed by atoms with Crippen molar-refractivity contribution in [3.05, 3.63) is 11.1 Å². The number of amides is 2. The minimum Gasteiger partial charge on any atom is -0.340 e. The van der Waals surface area contributed by atoms with Crippen molar-refractivity contribution in [3.63, 3.8) is 0 Å². The largest absolute Gasteiger partial charge is 0.340 e. The van der Waals surface area contributed by atoms with Crippen LogP contribution in [0, 0.1) is 5.92 Å². The van der Waals surface area contributed by atoms with Gasteiger partial charge in [-0.2, -0.15) is 0 Å². The lowest BCUT2D eigenvalue weighted by Crippen LogP contribution is -2.70. The van der Waals surface area contributed by atoms with E-state index < -0.39 is 5.54 Å². The van der Waals surface area contributed by atoms with E-state index in [1.807, 2.05) is 20.8 Å². The highest BCUT2D eigenvalue weighted by atomic mass is 35.5. The molecule has 0 aromatic carbocycles. The average Bonchev–Trinajstić information content (AvgIpc) is 2.93. The van der Waals surface area contributed by atoms with Gasteiger partial charge in [-0.3, -0.25) is 9.59 Å². The minimum atomic E-state index is -0.659. The van der Waals surface area contributed by atoms with Crippen molar-refractivity contribution in [1.82, 2.24) is 10.2 Å². The van der Waals surface area contributed by atoms with Crippen molar-refractivity contribution < 1.29 is 9.59 Å². The summed E-state index contributed by atoms with van der Waals surface area (Å²) in [7, 11) is 0. The highest BCUT2D eigenvalue weighted by Gasteiger charge is 2.52. The second-order valence-electron chi connectivity index (χ2n) is 6.50. The standard InChI is InChI=1S/C16H25ClN2O2/c1-4-12(3)13-14(20)18-16(7-5-6-8-16)15(21)19(13)10-11(2)9-17/h9,12-13H,4-8,10H2,1-3H3,(H,18,20). The number of nitrogens with zero attached hydrogens (tertiary/aromatic N) is 1. The second-order valence-corrected chi connectivity index (χ2v) is 6.72. The molecule has 0 bridgehead atoms. The molecule has 21 heavy (non-hydrogen) atoms. The van der Waals surface area contributed by atoms with Gasteiger partial charge >= 0.3 is 0 Å². The van der Waals surface area contributed by atoms with Gasteiger partial charge in [0.2, 0.25) is 11.8 Å². The molecule has 2 atom stereocenters. The molecule has 5 heteroatoms. The van der Waals surface area contributed by atoms with Gasteiger partial charge in [0.15, 0.2) is 0 Å². The van der Waals surface area contributed by atoms with Crippen LogP contribution in [0.4, 0.5) is 0 Å². The summed E-state index contributed by atoms with van der Waals surface area (Å²) in [4.78, 5) is 27.4. The number of carbonyl (C=O) groups is 2. The van der Waals surface area contributed by atoms with Crippen LogP contribution in [0.5, 0.6) is 0 Å². The monoisotopic (exact) mass is 312 g/mol. The van der Waals surface area contributed by atoms with Crippen LogP contribution in [0.3, 0.4) is 0 Å². The number of piperazine rings is 1. The summed E-state index contributed by atoms with van der Waals surface area (Å²) in [5.74, 6) is 0.201. The first-order chi connectivity index (χ1) is 9.95. The van der Waals surface area contributed by atoms with Gasteiger partial charge in [-0.15, -0.1) is 0 Å². The molecular formula is C16H25ClN2O2. The molecule has 1 saturated carbocycles. The fourth-order valence-electron chi connectivity index (χ4n) is 3.49. The normalized spacial score (nSPS) is 27.1. The van der Waals surface area contributed by atoms with Gasteiger partial charge in [-0.1, -0.05) is 44.7 Å². The van der Waals surface area contributed by atoms with Crippen molar-refractivity contribution in [3.8, 4) is 0 Å². The molecule has 2 amide bonds. The zero-order chi connectivity index (χ0) is 15.6. The maximum atomic E-state index is 13.0. The topological polar surface area (TPSA) is 49.4 Å². The van der Waals surface area contributed by atoms with E-state index in [-0.39, 0.29) is 23.8 Å². The molecule has 1 aliphatic carbocycles. The second kappa shape index (κ2) is 6.39. The van der Waals surface area contributed by atoms with Crippen LogP contribution in [-0.2, 0) is 9.59 Å². The van der Waals surface area contributed by atoms with Gasteiger partial charge in [0.1, 0.15) is 11.6 Å². The molecule has 1 saturated heterocycles. The summed E-state index contributed by atoms with van der Waals surface area (Å²) in [5, 5.41) is 3.05. The third-order valence-corrected chi connectivity index (χ3v) is 5.26. The van der Waals surface area contributed by atoms with Crippen LogP contribution in [0.15, 0.2) is 11.1 Å². The molecule has 1 spiro atoms. The molecule has 2 unspecified atom stereocenters. The van der Waals surface area contributed by atoms with Crippen LogP contribution < -0.4 is 5.32 Å². The molecule has 0 radical (unpaired) electrons. The average molecular weight is 313 g/mol. The predicted molar refractivity (Wildman–Crippen MR) is 83.9 cm³/mol. The fourth-order valence-corrected chi connectivity index (χ4v) is 3.55. The Hall–Kier alpha value is -1.03. The summed E-state index contributed by atoms with van der Waals surface area (Å²) in [6.45, 7) is 6.40. The van der Waals surface area contributed by atoms with E-state index in [0.717, 1.165) is 37.7 Å². The molecule has 118 valence electrons. The maximum absolute atomic E-state index is 13.0. The van der Waals surface area contributed by atoms with Crippen molar-refractivity contribution in [2.24, 2.45) is 5.92 Å². The Morgan fingerprint density at radius 2 is 2.10 bits per heavy atom. The number of hydrogen-bond donors (Lipinski definition) is 1. The number of halogens is 1. The Bertz CT molecular complexity index is 455. The quantitative estimate of drug-likeness (QED) is 0.868. The molecular weight excluding hydrogens is 288 g/mol. The zero-order valence-electron chi connectivity index (χ0n) is 13.1. The fraction of sp³-hybridized carbons (Fsp3) is 0.750. The summed E-state index contributed by atoms with van der Waals surface area (Å²) in [6.07, 6.45) is 4.37. The third kappa shape index (κ3) is 2.96. The number of hydrogen-bond acceptors (Lipinski definition) is 2. The van der Waals surface area contributed by atoms with Gasteiger partial charge in [-0.05, 0) is 31.3 Å². The van der Waals surface area contributed by atoms with Crippen LogP contribution >= 0.6 is 11.6 Å². The number of nitrogens with one attached hydrogen (secondary N) is 1. The summed E-state index contributed by atoms with van der Waals surface area (Å²) < 4.78 is 0. The van der Waals surface area contributed by atoms with Crippen molar-refractivity contribution in [1.29, 1.82) is 0 Å². The van der Waals surface area contributed by atoms with Gasteiger partial charge in [0.25, 0.3) is 0 Å². The van der Waals surface area contributed by atoms with Crippen molar-refractivity contribution >= 4 is 23.4 Å². The maximum Gasteiger partial charge on any atom is 0.249 e. The van der Waals surface area contributed by atoms with Crippen molar-refractivity contribution in [2.45, 2.75) is 64.5 Å². The van der Waals surface area contributed by atoms with Gasteiger partial charge < -0.3 is 10.2 Å². The first-order valence-corrected chi connectivity index (χ1v) is 8.27. The number of carbonyl (C=O) groups excluding carboxylic acids is 2. The van der Waals surface area contributed by atoms with Gasteiger partial charge in [-0.25, -0.2) is 0 Å². The van der Waals surface area contributed by atoms with Crippen LogP contribution in [-0.4, -0.2) is 34.8 Å². The van der Waals surface area contributed by atoms with Crippen LogP contribution in [0.2, 0.25) is 0 Å². The van der Waals surface area contributed by atoms with Crippen molar-refractivity contribution in [2.75, 3.05) is 6.54 Å². The van der Waals surface area contributed by atoms with Crippen LogP contribution in [0.25, 0.3) is 0 Å². The lowest BCUT2D eigenvalue weighted by Gasteiger charge is -2.46. The molecule has 1 N–H and O–H groups in total. The van der Waals surface area contributed by atoms with Crippen LogP contribution in [0.1, 0.15) is 52.9 Å². The van der Waals surface area contributed by atoms with E-state index in [1.165, 1.54) is 5.54 Å². The summed E-state index contributed by atoms with van der Waals surface area (Å²) >= 11 is 5.77. The summed E-state index contributed by atoms with van der Waals surface area (Å²) in [5.41, 5.74) is 1.74.